The Morgan fingerprint density at radius 1 is 1.27 bits per heavy atom. The topological polar surface area (TPSA) is 63.9 Å². The van der Waals surface area contributed by atoms with Gasteiger partial charge in [-0.3, -0.25) is 4.79 Å². The molecule has 0 heterocycles. The maximum atomic E-state index is 11.2. The van der Waals surface area contributed by atoms with Crippen molar-refractivity contribution in [1.82, 2.24) is 0 Å². The third-order valence-corrected chi connectivity index (χ3v) is 2.01. The maximum Gasteiger partial charge on any atom is 0.159 e. The van der Waals surface area contributed by atoms with Gasteiger partial charge in [-0.25, -0.2) is 0 Å². The number of nitriles is 1. The Hall–Kier alpha value is -2.08. The van der Waals surface area contributed by atoms with E-state index in [1.54, 1.807) is 24.3 Å². The maximum absolute atomic E-state index is 11.2. The minimum Gasteiger partial charge on any atom is -0.875 e. The van der Waals surface area contributed by atoms with Crippen molar-refractivity contribution >= 4 is 11.4 Å². The van der Waals surface area contributed by atoms with Crippen LogP contribution in [-0.2, 0) is 4.79 Å². The fourth-order valence-corrected chi connectivity index (χ4v) is 1.37. The molecular weight excluding hydrogens is 190 g/mol. The second-order valence-electron chi connectivity index (χ2n) is 3.18. The lowest BCUT2D eigenvalue weighted by atomic mass is 10.0. The van der Waals surface area contributed by atoms with Gasteiger partial charge in [-0.2, -0.15) is 5.26 Å². The van der Waals surface area contributed by atoms with E-state index >= 15 is 0 Å². The van der Waals surface area contributed by atoms with Crippen molar-refractivity contribution in [3.63, 3.8) is 0 Å². The molecule has 1 aromatic carbocycles. The zero-order valence-electron chi connectivity index (χ0n) is 8.57. The first kappa shape index (κ1) is 11.0. The summed E-state index contributed by atoms with van der Waals surface area (Å²) in [6.07, 6.45) is 0. The van der Waals surface area contributed by atoms with Gasteiger partial charge < -0.3 is 5.11 Å². The number of ketones is 1. The lowest BCUT2D eigenvalue weighted by Crippen LogP contribution is -2.08. The number of benzene rings is 1. The highest BCUT2D eigenvalue weighted by Gasteiger charge is 2.06. The number of carbonyl (C=O) groups excluding carboxylic acids is 1. The van der Waals surface area contributed by atoms with Crippen molar-refractivity contribution in [2.75, 3.05) is 0 Å². The molecule has 0 spiro atoms. The Bertz CT molecular complexity index is 446. The van der Waals surface area contributed by atoms with Gasteiger partial charge in [0.25, 0.3) is 0 Å². The molecule has 0 atom stereocenters. The molecule has 15 heavy (non-hydrogen) atoms. The van der Waals surface area contributed by atoms with Crippen LogP contribution in [0.15, 0.2) is 30.0 Å². The van der Waals surface area contributed by atoms with E-state index in [-0.39, 0.29) is 17.1 Å². The Balaban J connectivity index is 3.22. The minimum absolute atomic E-state index is 0.180. The summed E-state index contributed by atoms with van der Waals surface area (Å²) in [5.41, 5.74) is 1.25. The molecule has 0 fully saturated rings. The van der Waals surface area contributed by atoms with Gasteiger partial charge in [-0.15, -0.1) is 5.76 Å². The molecule has 3 heteroatoms. The first-order valence-corrected chi connectivity index (χ1v) is 4.45. The average molecular weight is 200 g/mol. The molecule has 0 saturated carbocycles. The fraction of sp³-hybridized carbons (Fsp3) is 0.167. The molecule has 3 nitrogen and oxygen atoms in total. The summed E-state index contributed by atoms with van der Waals surface area (Å²) in [5, 5.41) is 19.8. The molecule has 76 valence electrons. The highest BCUT2D eigenvalue weighted by molar-refractivity contribution is 6.19. The largest absolute Gasteiger partial charge is 0.875 e. The molecular formula is C12H10NO2-. The van der Waals surface area contributed by atoms with Crippen molar-refractivity contribution < 1.29 is 9.90 Å². The molecule has 0 aromatic heterocycles. The summed E-state index contributed by atoms with van der Waals surface area (Å²) in [4.78, 5) is 11.2. The van der Waals surface area contributed by atoms with E-state index in [1.807, 2.05) is 6.07 Å². The highest BCUT2D eigenvalue weighted by Crippen LogP contribution is 2.17. The van der Waals surface area contributed by atoms with Crippen LogP contribution in [0.1, 0.15) is 25.0 Å². The monoisotopic (exact) mass is 200 g/mol. The number of hydrogen-bond donors (Lipinski definition) is 0. The van der Waals surface area contributed by atoms with Crippen LogP contribution in [0.2, 0.25) is 0 Å². The zero-order chi connectivity index (χ0) is 11.4. The summed E-state index contributed by atoms with van der Waals surface area (Å²) in [6.45, 7) is 2.71. The fourth-order valence-electron chi connectivity index (χ4n) is 1.37. The molecule has 0 aliphatic rings. The molecule has 0 radical (unpaired) electrons. The molecule has 0 N–H and O–H groups in total. The standard InChI is InChI=1S/C12H11NO2/c1-8(14)12(9(2)15)11-5-3-10(7-13)4-6-11/h3-6,14H,1-2H3/p-1/b12-8+. The van der Waals surface area contributed by atoms with E-state index in [9.17, 15) is 9.90 Å². The summed E-state index contributed by atoms with van der Waals surface area (Å²) in [7, 11) is 0. The summed E-state index contributed by atoms with van der Waals surface area (Å²) in [5.74, 6) is -0.514. The number of carbonyl (C=O) groups is 1. The number of allylic oxidation sites excluding steroid dienone is 2. The van der Waals surface area contributed by atoms with Gasteiger partial charge in [0.15, 0.2) is 5.78 Å². The highest BCUT2D eigenvalue weighted by atomic mass is 16.3. The molecule has 0 aliphatic heterocycles. The van der Waals surface area contributed by atoms with Crippen LogP contribution in [0, 0.1) is 11.3 Å². The SMILES string of the molecule is CC(=O)/C(=C(/C)[O-])c1ccc(C#N)cc1. The van der Waals surface area contributed by atoms with Crippen LogP contribution >= 0.6 is 0 Å². The van der Waals surface area contributed by atoms with Crippen LogP contribution in [-0.4, -0.2) is 5.78 Å². The molecule has 0 bridgehead atoms. The van der Waals surface area contributed by atoms with Gasteiger partial charge in [-0.1, -0.05) is 19.1 Å². The Labute approximate surface area is 88.3 Å². The Morgan fingerprint density at radius 3 is 2.13 bits per heavy atom. The van der Waals surface area contributed by atoms with Crippen molar-refractivity contribution in [2.45, 2.75) is 13.8 Å². The second kappa shape index (κ2) is 4.43. The molecule has 0 unspecified atom stereocenters. The lowest BCUT2D eigenvalue weighted by molar-refractivity contribution is -0.300. The van der Waals surface area contributed by atoms with Crippen LogP contribution in [0.25, 0.3) is 5.57 Å². The first-order chi connectivity index (χ1) is 7.06. The van der Waals surface area contributed by atoms with Crippen molar-refractivity contribution in [1.29, 1.82) is 5.26 Å². The predicted octanol–water partition coefficient (Wildman–Crippen LogP) is 1.24. The van der Waals surface area contributed by atoms with Gasteiger partial charge in [0, 0.05) is 5.57 Å². The van der Waals surface area contributed by atoms with E-state index in [0.717, 1.165) is 0 Å². The first-order valence-electron chi connectivity index (χ1n) is 4.45. The third-order valence-electron chi connectivity index (χ3n) is 2.01. The van der Waals surface area contributed by atoms with Crippen molar-refractivity contribution in [3.05, 3.63) is 41.2 Å². The summed E-state index contributed by atoms with van der Waals surface area (Å²) < 4.78 is 0. The number of nitrogens with zero attached hydrogens (tertiary/aromatic N) is 1. The van der Waals surface area contributed by atoms with E-state index in [2.05, 4.69) is 0 Å². The number of hydrogen-bond acceptors (Lipinski definition) is 3. The molecule has 1 aromatic rings. The van der Waals surface area contributed by atoms with Crippen molar-refractivity contribution in [3.8, 4) is 6.07 Å². The number of Topliss-reactive ketones (excluding diaryl/α,β-unsaturated/α-hetero) is 1. The lowest BCUT2D eigenvalue weighted by Gasteiger charge is -2.13. The zero-order valence-corrected chi connectivity index (χ0v) is 8.57. The van der Waals surface area contributed by atoms with Gasteiger partial charge in [0.1, 0.15) is 0 Å². The summed E-state index contributed by atoms with van der Waals surface area (Å²) in [6, 6.07) is 8.36. The van der Waals surface area contributed by atoms with E-state index in [0.29, 0.717) is 11.1 Å². The van der Waals surface area contributed by atoms with Gasteiger partial charge in [-0.05, 0) is 24.6 Å². The minimum atomic E-state index is -0.257. The predicted molar refractivity (Wildman–Crippen MR) is 54.4 cm³/mol. The molecule has 0 saturated heterocycles. The van der Waals surface area contributed by atoms with Crippen LogP contribution < -0.4 is 5.11 Å². The van der Waals surface area contributed by atoms with Crippen LogP contribution in [0.3, 0.4) is 0 Å². The van der Waals surface area contributed by atoms with Gasteiger partial charge >= 0.3 is 0 Å². The molecule has 1 rings (SSSR count). The van der Waals surface area contributed by atoms with Gasteiger partial charge in [0.05, 0.1) is 11.6 Å². The normalized spacial score (nSPS) is 11.5. The second-order valence-corrected chi connectivity index (χ2v) is 3.18. The Kier molecular flexibility index (Phi) is 3.25. The number of rotatable bonds is 2. The van der Waals surface area contributed by atoms with E-state index in [4.69, 9.17) is 5.26 Å². The Morgan fingerprint density at radius 2 is 1.80 bits per heavy atom. The van der Waals surface area contributed by atoms with Crippen molar-refractivity contribution in [2.24, 2.45) is 0 Å². The average Bonchev–Trinajstić information content (AvgIpc) is 2.18. The van der Waals surface area contributed by atoms with E-state index in [1.165, 1.54) is 13.8 Å². The van der Waals surface area contributed by atoms with Crippen LogP contribution in [0.5, 0.6) is 0 Å². The third kappa shape index (κ3) is 2.44. The quantitative estimate of drug-likeness (QED) is 0.533. The molecule has 0 aliphatic carbocycles. The smallest absolute Gasteiger partial charge is 0.159 e. The molecule has 0 amide bonds. The summed E-state index contributed by atoms with van der Waals surface area (Å²) >= 11 is 0. The van der Waals surface area contributed by atoms with Crippen LogP contribution in [0.4, 0.5) is 0 Å². The van der Waals surface area contributed by atoms with E-state index < -0.39 is 0 Å². The van der Waals surface area contributed by atoms with Gasteiger partial charge in [0.2, 0.25) is 0 Å².